The maximum Gasteiger partial charge on any atom is 0.150 e. The predicted molar refractivity (Wildman–Crippen MR) is 48.7 cm³/mol. The van der Waals surface area contributed by atoms with Gasteiger partial charge in [0.15, 0.2) is 5.84 Å². The third-order valence-electron chi connectivity index (χ3n) is 2.01. The quantitative estimate of drug-likeness (QED) is 0.589. The molecule has 3 heteroatoms. The van der Waals surface area contributed by atoms with E-state index in [1.807, 2.05) is 0 Å². The Kier molecular flexibility index (Phi) is 1.50. The van der Waals surface area contributed by atoms with Crippen LogP contribution in [0, 0.1) is 6.92 Å². The minimum atomic E-state index is 0.583. The van der Waals surface area contributed by atoms with Crippen molar-refractivity contribution < 1.29 is 0 Å². The van der Waals surface area contributed by atoms with E-state index in [4.69, 9.17) is 5.73 Å². The fourth-order valence-corrected chi connectivity index (χ4v) is 1.35. The molecular weight excluding hydrogens is 150 g/mol. The molecule has 62 valence electrons. The number of aryl methyl sites for hydroxylation is 1. The molecule has 0 amide bonds. The van der Waals surface area contributed by atoms with E-state index in [-0.39, 0.29) is 0 Å². The van der Waals surface area contributed by atoms with Crippen molar-refractivity contribution in [3.8, 4) is 0 Å². The lowest BCUT2D eigenvalue weighted by Crippen LogP contribution is -2.26. The van der Waals surface area contributed by atoms with Crippen LogP contribution in [0.15, 0.2) is 23.3 Å². The van der Waals surface area contributed by atoms with E-state index < -0.39 is 0 Å². The van der Waals surface area contributed by atoms with Crippen molar-refractivity contribution in [2.24, 2.45) is 10.8 Å². The van der Waals surface area contributed by atoms with Crippen LogP contribution in [-0.2, 0) is 6.54 Å². The van der Waals surface area contributed by atoms with Gasteiger partial charge in [-0.15, -0.1) is 0 Å². The number of nitrogens with one attached hydrogen (secondary N) is 1. The van der Waals surface area contributed by atoms with Gasteiger partial charge in [0, 0.05) is 5.56 Å². The van der Waals surface area contributed by atoms with E-state index in [2.05, 4.69) is 35.7 Å². The van der Waals surface area contributed by atoms with Crippen LogP contribution >= 0.6 is 0 Å². The van der Waals surface area contributed by atoms with Crippen molar-refractivity contribution in [1.29, 1.82) is 0 Å². The van der Waals surface area contributed by atoms with Gasteiger partial charge in [-0.25, -0.2) is 0 Å². The van der Waals surface area contributed by atoms with Crippen molar-refractivity contribution in [1.82, 2.24) is 5.43 Å². The molecule has 3 N–H and O–H groups in total. The largest absolute Gasteiger partial charge is 0.382 e. The van der Waals surface area contributed by atoms with E-state index in [0.29, 0.717) is 5.84 Å². The van der Waals surface area contributed by atoms with E-state index in [0.717, 1.165) is 12.1 Å². The topological polar surface area (TPSA) is 50.4 Å². The maximum atomic E-state index is 5.70. The van der Waals surface area contributed by atoms with Crippen LogP contribution in [0.4, 0.5) is 0 Å². The highest BCUT2D eigenvalue weighted by Gasteiger charge is 2.09. The van der Waals surface area contributed by atoms with Crippen molar-refractivity contribution in [3.05, 3.63) is 34.9 Å². The van der Waals surface area contributed by atoms with Crippen molar-refractivity contribution in [2.75, 3.05) is 0 Å². The molecule has 1 heterocycles. The molecular formula is C9H11N3. The number of hydrogen-bond donors (Lipinski definition) is 2. The highest BCUT2D eigenvalue weighted by Crippen LogP contribution is 2.13. The number of fused-ring (bicyclic) bond motifs is 1. The van der Waals surface area contributed by atoms with Crippen LogP contribution in [0.2, 0.25) is 0 Å². The molecule has 0 saturated heterocycles. The summed E-state index contributed by atoms with van der Waals surface area (Å²) < 4.78 is 0. The van der Waals surface area contributed by atoms with Gasteiger partial charge in [-0.2, -0.15) is 5.10 Å². The van der Waals surface area contributed by atoms with Gasteiger partial charge >= 0.3 is 0 Å². The molecule has 1 aliphatic heterocycles. The average Bonchev–Trinajstić information content (AvgIpc) is 2.07. The maximum absolute atomic E-state index is 5.70. The third-order valence-corrected chi connectivity index (χ3v) is 2.01. The Labute approximate surface area is 71.3 Å². The highest BCUT2D eigenvalue weighted by atomic mass is 15.3. The first-order valence-corrected chi connectivity index (χ1v) is 3.93. The Morgan fingerprint density at radius 1 is 1.50 bits per heavy atom. The standard InChI is InChI=1S/C9H11N3/c1-6-2-3-7-5-11-12-9(10)8(7)4-6/h2-4,11H,5H2,1H3,(H2,10,12). The summed E-state index contributed by atoms with van der Waals surface area (Å²) in [6, 6.07) is 6.23. The molecule has 1 aromatic rings. The number of nitrogens with zero attached hydrogens (tertiary/aromatic N) is 1. The number of hydrazone groups is 1. The van der Waals surface area contributed by atoms with Crippen LogP contribution < -0.4 is 11.2 Å². The summed E-state index contributed by atoms with van der Waals surface area (Å²) in [5, 5.41) is 3.96. The summed E-state index contributed by atoms with van der Waals surface area (Å²) in [6.45, 7) is 2.83. The molecule has 1 aromatic carbocycles. The van der Waals surface area contributed by atoms with Crippen LogP contribution in [0.5, 0.6) is 0 Å². The summed E-state index contributed by atoms with van der Waals surface area (Å²) >= 11 is 0. The minimum absolute atomic E-state index is 0.583. The second-order valence-corrected chi connectivity index (χ2v) is 2.99. The Hall–Kier alpha value is -1.51. The average molecular weight is 161 g/mol. The SMILES string of the molecule is Cc1ccc2c(c1)C(N)=NNC2. The molecule has 3 nitrogen and oxygen atoms in total. The number of benzene rings is 1. The van der Waals surface area contributed by atoms with Gasteiger partial charge in [0.2, 0.25) is 0 Å². The number of hydrogen-bond acceptors (Lipinski definition) is 3. The summed E-state index contributed by atoms with van der Waals surface area (Å²) in [6.07, 6.45) is 0. The van der Waals surface area contributed by atoms with Crippen molar-refractivity contribution in [3.63, 3.8) is 0 Å². The molecule has 0 saturated carbocycles. The van der Waals surface area contributed by atoms with Crippen molar-refractivity contribution >= 4 is 5.84 Å². The molecule has 0 radical (unpaired) electrons. The molecule has 1 aliphatic rings. The molecule has 0 spiro atoms. The first-order chi connectivity index (χ1) is 5.77. The normalized spacial score (nSPS) is 14.6. The Morgan fingerprint density at radius 3 is 3.17 bits per heavy atom. The molecule has 0 aromatic heterocycles. The number of nitrogens with two attached hydrogens (primary N) is 1. The smallest absolute Gasteiger partial charge is 0.150 e. The van der Waals surface area contributed by atoms with Crippen LogP contribution in [-0.4, -0.2) is 5.84 Å². The molecule has 0 atom stereocenters. The first-order valence-electron chi connectivity index (χ1n) is 3.93. The molecule has 0 bridgehead atoms. The molecule has 2 rings (SSSR count). The van der Waals surface area contributed by atoms with E-state index in [9.17, 15) is 0 Å². The van der Waals surface area contributed by atoms with Gasteiger partial charge in [-0.1, -0.05) is 17.7 Å². The lowest BCUT2D eigenvalue weighted by molar-refractivity contribution is 0.726. The van der Waals surface area contributed by atoms with Crippen LogP contribution in [0.25, 0.3) is 0 Å². The monoisotopic (exact) mass is 161 g/mol. The second-order valence-electron chi connectivity index (χ2n) is 2.99. The van der Waals surface area contributed by atoms with E-state index in [1.54, 1.807) is 0 Å². The zero-order valence-electron chi connectivity index (χ0n) is 6.96. The number of amidine groups is 1. The highest BCUT2D eigenvalue weighted by molar-refractivity contribution is 5.99. The van der Waals surface area contributed by atoms with Gasteiger partial charge in [-0.3, -0.25) is 0 Å². The van der Waals surface area contributed by atoms with Crippen LogP contribution in [0.1, 0.15) is 16.7 Å². The summed E-state index contributed by atoms with van der Waals surface area (Å²) in [5.41, 5.74) is 12.1. The predicted octanol–water partition coefficient (Wildman–Crippen LogP) is 0.719. The second kappa shape index (κ2) is 2.52. The summed E-state index contributed by atoms with van der Waals surface area (Å²) in [7, 11) is 0. The number of rotatable bonds is 0. The minimum Gasteiger partial charge on any atom is -0.382 e. The lowest BCUT2D eigenvalue weighted by atomic mass is 10.0. The fourth-order valence-electron chi connectivity index (χ4n) is 1.35. The summed E-state index contributed by atoms with van der Waals surface area (Å²) in [5.74, 6) is 0.583. The van der Waals surface area contributed by atoms with Gasteiger partial charge in [0.1, 0.15) is 0 Å². The first kappa shape index (κ1) is 7.16. The van der Waals surface area contributed by atoms with Crippen LogP contribution in [0.3, 0.4) is 0 Å². The van der Waals surface area contributed by atoms with Gasteiger partial charge in [0.25, 0.3) is 0 Å². The van der Waals surface area contributed by atoms with E-state index >= 15 is 0 Å². The molecule has 0 fully saturated rings. The zero-order valence-corrected chi connectivity index (χ0v) is 6.96. The molecule has 12 heavy (non-hydrogen) atoms. The van der Waals surface area contributed by atoms with Gasteiger partial charge < -0.3 is 11.2 Å². The van der Waals surface area contributed by atoms with E-state index in [1.165, 1.54) is 11.1 Å². The van der Waals surface area contributed by atoms with Gasteiger partial charge in [0.05, 0.1) is 6.54 Å². The molecule has 0 unspecified atom stereocenters. The Bertz CT molecular complexity index is 342. The molecule has 0 aliphatic carbocycles. The third kappa shape index (κ3) is 1.03. The Morgan fingerprint density at radius 2 is 2.33 bits per heavy atom. The van der Waals surface area contributed by atoms with Gasteiger partial charge in [-0.05, 0) is 18.6 Å². The summed E-state index contributed by atoms with van der Waals surface area (Å²) in [4.78, 5) is 0. The van der Waals surface area contributed by atoms with Crippen molar-refractivity contribution in [2.45, 2.75) is 13.5 Å². The fraction of sp³-hybridized carbons (Fsp3) is 0.222. The Balaban J connectivity index is 2.58. The zero-order chi connectivity index (χ0) is 8.55. The lowest BCUT2D eigenvalue weighted by Gasteiger charge is -2.14.